The molecular formula is C18H22F2N4O5. The molecule has 3 amide bonds. The zero-order valence-corrected chi connectivity index (χ0v) is 15.5. The van der Waals surface area contributed by atoms with Crippen LogP contribution in [-0.2, 0) is 19.1 Å². The van der Waals surface area contributed by atoms with Crippen molar-refractivity contribution in [1.29, 1.82) is 0 Å². The number of benzene rings is 1. The van der Waals surface area contributed by atoms with Gasteiger partial charge in [-0.05, 0) is 25.0 Å². The molecule has 1 heterocycles. The van der Waals surface area contributed by atoms with Crippen LogP contribution in [0, 0.1) is 0 Å². The van der Waals surface area contributed by atoms with Crippen LogP contribution in [0.5, 0.6) is 5.75 Å². The topological polar surface area (TPSA) is 123 Å². The Morgan fingerprint density at radius 1 is 1.31 bits per heavy atom. The maximum Gasteiger partial charge on any atom is 0.387 e. The van der Waals surface area contributed by atoms with E-state index in [1.165, 1.54) is 23.1 Å². The Morgan fingerprint density at radius 2 is 2.07 bits per heavy atom. The quantitative estimate of drug-likeness (QED) is 0.537. The molecule has 158 valence electrons. The molecule has 1 aromatic rings. The van der Waals surface area contributed by atoms with Gasteiger partial charge in [0.1, 0.15) is 6.61 Å². The third kappa shape index (κ3) is 5.18. The van der Waals surface area contributed by atoms with E-state index in [4.69, 9.17) is 10.5 Å². The van der Waals surface area contributed by atoms with Crippen molar-refractivity contribution in [2.45, 2.75) is 38.0 Å². The molecule has 1 saturated heterocycles. The van der Waals surface area contributed by atoms with E-state index >= 15 is 0 Å². The number of nitrogens with zero attached hydrogens (tertiary/aromatic N) is 1. The third-order valence-corrected chi connectivity index (χ3v) is 4.79. The van der Waals surface area contributed by atoms with Gasteiger partial charge in [-0.2, -0.15) is 8.78 Å². The Labute approximate surface area is 165 Å². The summed E-state index contributed by atoms with van der Waals surface area (Å²) in [4.78, 5) is 37.5. The number of halogens is 2. The maximum atomic E-state index is 12.9. The molecule has 4 N–H and O–H groups in total. The minimum absolute atomic E-state index is 0.00439. The van der Waals surface area contributed by atoms with Crippen LogP contribution in [0.3, 0.4) is 0 Å². The number of alkyl halides is 2. The van der Waals surface area contributed by atoms with E-state index in [-0.39, 0.29) is 36.5 Å². The first-order valence-electron chi connectivity index (χ1n) is 9.18. The molecule has 2 aliphatic rings. The van der Waals surface area contributed by atoms with Crippen molar-refractivity contribution >= 4 is 29.1 Å². The summed E-state index contributed by atoms with van der Waals surface area (Å²) in [5, 5.41) is 5.26. The molecule has 0 radical (unpaired) electrons. The summed E-state index contributed by atoms with van der Waals surface area (Å²) in [6.07, 6.45) is 2.62. The van der Waals surface area contributed by atoms with Gasteiger partial charge in [0, 0.05) is 24.3 Å². The molecule has 1 aliphatic carbocycles. The van der Waals surface area contributed by atoms with Gasteiger partial charge in [-0.15, -0.1) is 0 Å². The number of amides is 3. The van der Waals surface area contributed by atoms with E-state index in [9.17, 15) is 23.2 Å². The SMILES string of the molecule is NC(=O)[C@@H](NC1CCC1)C(=O)Nc1ccc(N2CCOCC2=O)cc1OC(F)F. The zero-order valence-electron chi connectivity index (χ0n) is 15.5. The minimum Gasteiger partial charge on any atom is -0.433 e. The fraction of sp³-hybridized carbons (Fsp3) is 0.500. The number of anilines is 2. The van der Waals surface area contributed by atoms with Crippen molar-refractivity contribution in [1.82, 2.24) is 5.32 Å². The average molecular weight is 412 g/mol. The summed E-state index contributed by atoms with van der Waals surface area (Å²) in [5.74, 6) is -2.31. The van der Waals surface area contributed by atoms with E-state index in [1.54, 1.807) is 0 Å². The lowest BCUT2D eigenvalue weighted by atomic mass is 9.92. The summed E-state index contributed by atoms with van der Waals surface area (Å²) in [5.41, 5.74) is 5.56. The van der Waals surface area contributed by atoms with E-state index < -0.39 is 24.5 Å². The lowest BCUT2D eigenvalue weighted by molar-refractivity contribution is -0.128. The number of nitrogens with one attached hydrogen (secondary N) is 2. The van der Waals surface area contributed by atoms with Crippen molar-refractivity contribution in [2.75, 3.05) is 30.0 Å². The average Bonchev–Trinajstić information content (AvgIpc) is 2.61. The first-order valence-corrected chi connectivity index (χ1v) is 9.18. The molecule has 0 bridgehead atoms. The van der Waals surface area contributed by atoms with Gasteiger partial charge >= 0.3 is 6.61 Å². The number of primary amides is 1. The summed E-state index contributed by atoms with van der Waals surface area (Å²) in [7, 11) is 0. The van der Waals surface area contributed by atoms with Crippen LogP contribution >= 0.6 is 0 Å². The highest BCUT2D eigenvalue weighted by Gasteiger charge is 2.30. The van der Waals surface area contributed by atoms with Crippen LogP contribution in [0.2, 0.25) is 0 Å². The maximum absolute atomic E-state index is 12.9. The van der Waals surface area contributed by atoms with Gasteiger partial charge in [0.25, 0.3) is 11.8 Å². The van der Waals surface area contributed by atoms with Crippen molar-refractivity contribution in [3.05, 3.63) is 18.2 Å². The number of hydrogen-bond donors (Lipinski definition) is 3. The molecule has 0 unspecified atom stereocenters. The number of carbonyl (C=O) groups is 3. The highest BCUT2D eigenvalue weighted by Crippen LogP contribution is 2.32. The standard InChI is InChI=1S/C18H22F2N4O5/c19-18(20)29-13-8-11(24-6-7-28-9-14(24)25)4-5-12(13)23-17(27)15(16(21)26)22-10-2-1-3-10/h4-5,8,10,15,18,22H,1-3,6-7,9H2,(H2,21,26)(H,23,27)/t15-/m1/s1. The van der Waals surface area contributed by atoms with Crippen molar-refractivity contribution in [3.63, 3.8) is 0 Å². The van der Waals surface area contributed by atoms with Gasteiger partial charge in [0.05, 0.1) is 12.3 Å². The number of nitrogens with two attached hydrogens (primary N) is 1. The fourth-order valence-electron chi connectivity index (χ4n) is 3.07. The second-order valence-electron chi connectivity index (χ2n) is 6.78. The van der Waals surface area contributed by atoms with Gasteiger partial charge in [-0.25, -0.2) is 0 Å². The molecule has 0 spiro atoms. The molecule has 1 aromatic carbocycles. The number of morpholine rings is 1. The zero-order chi connectivity index (χ0) is 21.0. The second-order valence-corrected chi connectivity index (χ2v) is 6.78. The molecular weight excluding hydrogens is 390 g/mol. The minimum atomic E-state index is -3.15. The first-order chi connectivity index (χ1) is 13.8. The highest BCUT2D eigenvalue weighted by atomic mass is 19.3. The van der Waals surface area contributed by atoms with Crippen LogP contribution in [0.4, 0.5) is 20.2 Å². The molecule has 1 aliphatic heterocycles. The Hall–Kier alpha value is -2.79. The van der Waals surface area contributed by atoms with Gasteiger partial charge in [-0.1, -0.05) is 6.42 Å². The van der Waals surface area contributed by atoms with Crippen molar-refractivity contribution < 1.29 is 32.6 Å². The highest BCUT2D eigenvalue weighted by molar-refractivity contribution is 6.10. The van der Waals surface area contributed by atoms with Crippen LogP contribution in [0.1, 0.15) is 19.3 Å². The van der Waals surface area contributed by atoms with Crippen molar-refractivity contribution in [2.24, 2.45) is 5.73 Å². The number of ether oxygens (including phenoxy) is 2. The monoisotopic (exact) mass is 412 g/mol. The summed E-state index contributed by atoms with van der Waals surface area (Å²) in [6, 6.07) is 2.74. The lowest BCUT2D eigenvalue weighted by Gasteiger charge is -2.30. The van der Waals surface area contributed by atoms with E-state index in [2.05, 4.69) is 15.4 Å². The molecule has 11 heteroatoms. The predicted octanol–water partition coefficient (Wildman–Crippen LogP) is 0.586. The van der Waals surface area contributed by atoms with E-state index in [0.29, 0.717) is 12.3 Å². The Morgan fingerprint density at radius 3 is 2.66 bits per heavy atom. The number of rotatable bonds is 8. The van der Waals surface area contributed by atoms with Crippen molar-refractivity contribution in [3.8, 4) is 5.75 Å². The molecule has 3 rings (SSSR count). The van der Waals surface area contributed by atoms with Crippen LogP contribution in [0.25, 0.3) is 0 Å². The largest absolute Gasteiger partial charge is 0.433 e. The van der Waals surface area contributed by atoms with Crippen LogP contribution in [0.15, 0.2) is 18.2 Å². The fourth-order valence-corrected chi connectivity index (χ4v) is 3.07. The molecule has 1 saturated carbocycles. The molecule has 29 heavy (non-hydrogen) atoms. The summed E-state index contributed by atoms with van der Waals surface area (Å²) < 4.78 is 35.3. The van der Waals surface area contributed by atoms with Crippen LogP contribution in [-0.4, -0.2) is 56.2 Å². The first kappa shape index (κ1) is 20.9. The second kappa shape index (κ2) is 9.14. The number of carbonyl (C=O) groups excluding carboxylic acids is 3. The molecule has 2 fully saturated rings. The third-order valence-electron chi connectivity index (χ3n) is 4.79. The van der Waals surface area contributed by atoms with Gasteiger partial charge in [0.15, 0.2) is 11.8 Å². The Kier molecular flexibility index (Phi) is 6.60. The smallest absolute Gasteiger partial charge is 0.387 e. The van der Waals surface area contributed by atoms with E-state index in [0.717, 1.165) is 19.3 Å². The molecule has 1 atom stereocenters. The predicted molar refractivity (Wildman–Crippen MR) is 98.6 cm³/mol. The normalized spacial score (nSPS) is 18.3. The molecule has 0 aromatic heterocycles. The van der Waals surface area contributed by atoms with Crippen LogP contribution < -0.4 is 26.0 Å². The van der Waals surface area contributed by atoms with Gasteiger partial charge in [0.2, 0.25) is 5.91 Å². The Bertz CT molecular complexity index is 788. The Balaban J connectivity index is 1.80. The summed E-state index contributed by atoms with van der Waals surface area (Å²) in [6.45, 7) is -2.70. The number of hydrogen-bond acceptors (Lipinski definition) is 6. The van der Waals surface area contributed by atoms with Gasteiger partial charge in [-0.3, -0.25) is 19.7 Å². The molecule has 9 nitrogen and oxygen atoms in total. The summed E-state index contributed by atoms with van der Waals surface area (Å²) >= 11 is 0. The lowest BCUT2D eigenvalue weighted by Crippen LogP contribution is -2.54. The van der Waals surface area contributed by atoms with E-state index in [1.807, 2.05) is 0 Å². The van der Waals surface area contributed by atoms with Gasteiger partial charge < -0.3 is 25.4 Å².